The highest BCUT2D eigenvalue weighted by Crippen LogP contribution is 2.10. The number of esters is 1. The number of Topliss-reactive ketones (excluding diaryl/α,β-unsaturated/α-hetero) is 1. The van der Waals surface area contributed by atoms with Gasteiger partial charge in [0.15, 0.2) is 5.78 Å². The Morgan fingerprint density at radius 2 is 1.52 bits per heavy atom. The highest BCUT2D eigenvalue weighted by atomic mass is 16.6. The van der Waals surface area contributed by atoms with Crippen LogP contribution in [-0.2, 0) is 23.9 Å². The highest BCUT2D eigenvalue weighted by Gasteiger charge is 2.27. The van der Waals surface area contributed by atoms with E-state index in [0.717, 1.165) is 5.56 Å². The van der Waals surface area contributed by atoms with Crippen molar-refractivity contribution in [3.63, 3.8) is 0 Å². The van der Waals surface area contributed by atoms with E-state index in [-0.39, 0.29) is 18.5 Å². The zero-order valence-corrected chi connectivity index (χ0v) is 22.7. The fraction of sp³-hybridized carbons (Fsp3) is 0.345. The predicted octanol–water partition coefficient (Wildman–Crippen LogP) is 0.0377. The number of ether oxygens (including phenoxy) is 1. The maximum Gasteiger partial charge on any atom is 0.324 e. The summed E-state index contributed by atoms with van der Waals surface area (Å²) in [6.45, 7) is 3.38. The van der Waals surface area contributed by atoms with Crippen molar-refractivity contribution < 1.29 is 33.8 Å². The number of benzene rings is 2. The Balaban J connectivity index is 1.95. The standard InChI is InChI=1S/C29H34N4O7/c1-29(2,3)40-28(39)22(15-25(30)36)31-17-26(37)32-16-23(24(35)18-34)33-27(38)21-13-11-20(12-14-21)10-9-19-7-5-4-6-8-19/h4-8,11-14,22-23,31,34H,15-18H2,1-3H3,(H2,30,36)(H,32,37)(H,33,38)/t22?,23-/m0/s1. The van der Waals surface area contributed by atoms with E-state index in [9.17, 15) is 29.1 Å². The Morgan fingerprint density at radius 3 is 2.08 bits per heavy atom. The van der Waals surface area contributed by atoms with Crippen molar-refractivity contribution in [3.05, 3.63) is 71.3 Å². The molecule has 6 N–H and O–H groups in total. The molecular formula is C29H34N4O7. The molecule has 2 aromatic carbocycles. The largest absolute Gasteiger partial charge is 0.459 e. The van der Waals surface area contributed by atoms with Gasteiger partial charge in [0.2, 0.25) is 11.8 Å². The lowest BCUT2D eigenvalue weighted by molar-refractivity contribution is -0.158. The zero-order chi connectivity index (χ0) is 29.7. The van der Waals surface area contributed by atoms with Gasteiger partial charge in [-0.25, -0.2) is 0 Å². The monoisotopic (exact) mass is 550 g/mol. The van der Waals surface area contributed by atoms with Gasteiger partial charge in [0.25, 0.3) is 5.91 Å². The summed E-state index contributed by atoms with van der Waals surface area (Å²) in [5.41, 5.74) is 6.16. The fourth-order valence-corrected chi connectivity index (χ4v) is 3.28. The summed E-state index contributed by atoms with van der Waals surface area (Å²) >= 11 is 0. The van der Waals surface area contributed by atoms with Crippen LogP contribution in [0.1, 0.15) is 48.7 Å². The number of amides is 3. The molecule has 0 saturated carbocycles. The molecule has 0 bridgehead atoms. The summed E-state index contributed by atoms with van der Waals surface area (Å²) < 4.78 is 5.24. The molecule has 2 atom stereocenters. The summed E-state index contributed by atoms with van der Waals surface area (Å²) in [4.78, 5) is 61.0. The fourth-order valence-electron chi connectivity index (χ4n) is 3.28. The van der Waals surface area contributed by atoms with Gasteiger partial charge in [-0.3, -0.25) is 29.3 Å². The Bertz CT molecular complexity index is 1260. The normalized spacial score (nSPS) is 12.2. The number of nitrogens with one attached hydrogen (secondary N) is 3. The SMILES string of the molecule is CC(C)(C)OC(=O)C(CC(N)=O)NCC(=O)NC[C@H](NC(=O)c1ccc(C#Cc2ccccc2)cc1)C(=O)CO. The third-order valence-corrected chi connectivity index (χ3v) is 5.23. The van der Waals surface area contributed by atoms with Crippen molar-refractivity contribution in [3.8, 4) is 11.8 Å². The number of carbonyl (C=O) groups excluding carboxylic acids is 5. The second kappa shape index (κ2) is 15.2. The van der Waals surface area contributed by atoms with Crippen LogP contribution in [0.5, 0.6) is 0 Å². The van der Waals surface area contributed by atoms with Gasteiger partial charge in [0.05, 0.1) is 13.0 Å². The first-order chi connectivity index (χ1) is 18.9. The van der Waals surface area contributed by atoms with Gasteiger partial charge in [-0.05, 0) is 57.2 Å². The minimum atomic E-state index is -1.22. The Hall–Kier alpha value is -4.53. The first-order valence-corrected chi connectivity index (χ1v) is 12.5. The molecule has 0 radical (unpaired) electrons. The molecule has 0 aliphatic heterocycles. The molecule has 0 heterocycles. The smallest absolute Gasteiger partial charge is 0.324 e. The van der Waals surface area contributed by atoms with Crippen LogP contribution in [-0.4, -0.2) is 72.0 Å². The minimum Gasteiger partial charge on any atom is -0.459 e. The van der Waals surface area contributed by atoms with Crippen LogP contribution in [0.4, 0.5) is 0 Å². The summed E-state index contributed by atoms with van der Waals surface area (Å²) in [5.74, 6) is 2.56. The first kappa shape index (κ1) is 31.7. The van der Waals surface area contributed by atoms with Crippen LogP contribution in [0.25, 0.3) is 0 Å². The number of aliphatic hydroxyl groups is 1. The van der Waals surface area contributed by atoms with Crippen LogP contribution in [0.2, 0.25) is 0 Å². The maximum absolute atomic E-state index is 12.7. The van der Waals surface area contributed by atoms with Crippen molar-refractivity contribution in [2.75, 3.05) is 19.7 Å². The van der Waals surface area contributed by atoms with E-state index in [4.69, 9.17) is 10.5 Å². The van der Waals surface area contributed by atoms with E-state index in [1.807, 2.05) is 30.3 Å². The minimum absolute atomic E-state index is 0.251. The number of hydrogen-bond acceptors (Lipinski definition) is 8. The van der Waals surface area contributed by atoms with Crippen molar-refractivity contribution in [2.24, 2.45) is 5.73 Å². The van der Waals surface area contributed by atoms with Gasteiger partial charge >= 0.3 is 5.97 Å². The molecule has 0 fully saturated rings. The summed E-state index contributed by atoms with van der Waals surface area (Å²) in [5, 5.41) is 16.9. The molecule has 0 aromatic heterocycles. The highest BCUT2D eigenvalue weighted by molar-refractivity contribution is 5.98. The molecule has 1 unspecified atom stereocenters. The van der Waals surface area contributed by atoms with Gasteiger partial charge < -0.3 is 26.2 Å². The second-order valence-electron chi connectivity index (χ2n) is 9.79. The molecule has 11 heteroatoms. The van der Waals surface area contributed by atoms with E-state index in [2.05, 4.69) is 27.8 Å². The lowest BCUT2D eigenvalue weighted by Crippen LogP contribution is -2.52. The van der Waals surface area contributed by atoms with E-state index in [1.165, 1.54) is 0 Å². The van der Waals surface area contributed by atoms with E-state index >= 15 is 0 Å². The van der Waals surface area contributed by atoms with Crippen LogP contribution >= 0.6 is 0 Å². The van der Waals surface area contributed by atoms with E-state index in [0.29, 0.717) is 5.56 Å². The molecular weight excluding hydrogens is 516 g/mol. The molecule has 3 amide bonds. The van der Waals surface area contributed by atoms with Crippen molar-refractivity contribution in [1.82, 2.24) is 16.0 Å². The molecule has 0 saturated heterocycles. The number of hydrogen-bond donors (Lipinski definition) is 5. The molecule has 2 aromatic rings. The average molecular weight is 551 g/mol. The van der Waals surface area contributed by atoms with Gasteiger partial charge in [-0.1, -0.05) is 30.0 Å². The number of ketones is 1. The Morgan fingerprint density at radius 1 is 0.925 bits per heavy atom. The Labute approximate surface area is 232 Å². The maximum atomic E-state index is 12.7. The average Bonchev–Trinajstić information content (AvgIpc) is 2.91. The van der Waals surface area contributed by atoms with Gasteiger partial charge in [0.1, 0.15) is 24.3 Å². The quantitative estimate of drug-likeness (QED) is 0.182. The molecule has 40 heavy (non-hydrogen) atoms. The lowest BCUT2D eigenvalue weighted by atomic mass is 10.1. The van der Waals surface area contributed by atoms with Crippen LogP contribution in [0.3, 0.4) is 0 Å². The second-order valence-corrected chi connectivity index (χ2v) is 9.79. The summed E-state index contributed by atoms with van der Waals surface area (Å²) in [7, 11) is 0. The van der Waals surface area contributed by atoms with E-state index in [1.54, 1.807) is 45.0 Å². The third-order valence-electron chi connectivity index (χ3n) is 5.23. The molecule has 2 rings (SSSR count). The first-order valence-electron chi connectivity index (χ1n) is 12.5. The van der Waals surface area contributed by atoms with Crippen LogP contribution < -0.4 is 21.7 Å². The third kappa shape index (κ3) is 11.5. The van der Waals surface area contributed by atoms with Crippen LogP contribution in [0.15, 0.2) is 54.6 Å². The molecule has 0 spiro atoms. The summed E-state index contributed by atoms with van der Waals surface area (Å²) in [6.07, 6.45) is -0.388. The molecule has 0 aliphatic carbocycles. The number of rotatable bonds is 12. The van der Waals surface area contributed by atoms with Crippen molar-refractivity contribution in [1.29, 1.82) is 0 Å². The lowest BCUT2D eigenvalue weighted by Gasteiger charge is -2.24. The topological polar surface area (TPSA) is 177 Å². The summed E-state index contributed by atoms with van der Waals surface area (Å²) in [6, 6.07) is 13.4. The van der Waals surface area contributed by atoms with Crippen molar-refractivity contribution >= 4 is 29.5 Å². The Kier molecular flexibility index (Phi) is 12.0. The van der Waals surface area contributed by atoms with Gasteiger partial charge in [-0.2, -0.15) is 0 Å². The molecule has 0 aliphatic rings. The molecule has 212 valence electrons. The van der Waals surface area contributed by atoms with E-state index < -0.39 is 60.3 Å². The van der Waals surface area contributed by atoms with Crippen LogP contribution in [0, 0.1) is 11.8 Å². The number of primary amides is 1. The number of aliphatic hydroxyl groups excluding tert-OH is 1. The molecule has 11 nitrogen and oxygen atoms in total. The van der Waals surface area contributed by atoms with Gasteiger partial charge in [-0.15, -0.1) is 0 Å². The number of nitrogens with two attached hydrogens (primary N) is 1. The van der Waals surface area contributed by atoms with Gasteiger partial charge in [0, 0.05) is 23.2 Å². The number of carbonyl (C=O) groups is 5. The zero-order valence-electron chi connectivity index (χ0n) is 22.7. The van der Waals surface area contributed by atoms with Crippen molar-refractivity contribution in [2.45, 2.75) is 44.9 Å². The predicted molar refractivity (Wildman–Crippen MR) is 147 cm³/mol.